The highest BCUT2D eigenvalue weighted by atomic mass is 16.3. The Kier molecular flexibility index (Phi) is 5.85. The Morgan fingerprint density at radius 3 is 2.79 bits per heavy atom. The molecule has 0 atom stereocenters. The van der Waals surface area contributed by atoms with Gasteiger partial charge in [-0.2, -0.15) is 0 Å². The first-order chi connectivity index (χ1) is 11.8. The number of carbonyl (C=O) groups is 1. The maximum atomic E-state index is 12.2. The van der Waals surface area contributed by atoms with Crippen molar-refractivity contribution >= 4 is 6.03 Å². The molecule has 24 heavy (non-hydrogen) atoms. The maximum absolute atomic E-state index is 12.2. The SMILES string of the molecule is O=C(NCCCc1ccco1)N1CCN(Cc2cccnc2)CC1. The van der Waals surface area contributed by atoms with E-state index >= 15 is 0 Å². The molecule has 0 saturated carbocycles. The van der Waals surface area contributed by atoms with Crippen LogP contribution in [0.4, 0.5) is 4.79 Å². The largest absolute Gasteiger partial charge is 0.469 e. The summed E-state index contributed by atoms with van der Waals surface area (Å²) in [6.45, 7) is 4.90. The van der Waals surface area contributed by atoms with Gasteiger partial charge >= 0.3 is 6.03 Å². The van der Waals surface area contributed by atoms with Crippen molar-refractivity contribution in [3.05, 3.63) is 54.2 Å². The summed E-state index contributed by atoms with van der Waals surface area (Å²) in [6, 6.07) is 7.94. The molecule has 1 fully saturated rings. The van der Waals surface area contributed by atoms with Crippen molar-refractivity contribution in [1.82, 2.24) is 20.1 Å². The van der Waals surface area contributed by atoms with E-state index in [2.05, 4.69) is 21.3 Å². The Morgan fingerprint density at radius 1 is 1.21 bits per heavy atom. The number of nitrogens with one attached hydrogen (secondary N) is 1. The number of hydrogen-bond donors (Lipinski definition) is 1. The predicted molar refractivity (Wildman–Crippen MR) is 91.5 cm³/mol. The molecule has 3 heterocycles. The number of hydrogen-bond acceptors (Lipinski definition) is 4. The van der Waals surface area contributed by atoms with Crippen LogP contribution in [0.15, 0.2) is 47.3 Å². The molecule has 1 N–H and O–H groups in total. The van der Waals surface area contributed by atoms with Crippen molar-refractivity contribution in [3.63, 3.8) is 0 Å². The van der Waals surface area contributed by atoms with Crippen LogP contribution in [0.2, 0.25) is 0 Å². The van der Waals surface area contributed by atoms with Gasteiger partial charge in [0.05, 0.1) is 6.26 Å². The van der Waals surface area contributed by atoms with Crippen molar-refractivity contribution in [2.75, 3.05) is 32.7 Å². The number of urea groups is 1. The lowest BCUT2D eigenvalue weighted by atomic mass is 10.2. The highest BCUT2D eigenvalue weighted by Gasteiger charge is 2.20. The van der Waals surface area contributed by atoms with Crippen LogP contribution in [0.3, 0.4) is 0 Å². The molecule has 2 aromatic heterocycles. The second-order valence-electron chi connectivity index (χ2n) is 6.04. The minimum Gasteiger partial charge on any atom is -0.469 e. The average Bonchev–Trinajstić information content (AvgIpc) is 3.13. The molecule has 1 aliphatic heterocycles. The highest BCUT2D eigenvalue weighted by Crippen LogP contribution is 2.08. The number of aryl methyl sites for hydroxylation is 1. The van der Waals surface area contributed by atoms with Gasteiger partial charge in [0.1, 0.15) is 5.76 Å². The first kappa shape index (κ1) is 16.5. The maximum Gasteiger partial charge on any atom is 0.317 e. The Balaban J connectivity index is 1.33. The lowest BCUT2D eigenvalue weighted by Gasteiger charge is -2.34. The molecular weight excluding hydrogens is 304 g/mol. The number of amides is 2. The van der Waals surface area contributed by atoms with Crippen LogP contribution in [-0.2, 0) is 13.0 Å². The molecule has 3 rings (SSSR count). The fraction of sp³-hybridized carbons (Fsp3) is 0.444. The Morgan fingerprint density at radius 2 is 2.08 bits per heavy atom. The summed E-state index contributed by atoms with van der Waals surface area (Å²) < 4.78 is 5.28. The minimum absolute atomic E-state index is 0.0375. The van der Waals surface area contributed by atoms with E-state index in [1.165, 1.54) is 5.56 Å². The molecule has 0 unspecified atom stereocenters. The van der Waals surface area contributed by atoms with E-state index in [0.29, 0.717) is 6.54 Å². The van der Waals surface area contributed by atoms with Crippen molar-refractivity contribution in [2.45, 2.75) is 19.4 Å². The summed E-state index contributed by atoms with van der Waals surface area (Å²) in [4.78, 5) is 20.6. The molecule has 1 aliphatic rings. The number of furan rings is 1. The first-order valence-corrected chi connectivity index (χ1v) is 8.48. The fourth-order valence-electron chi connectivity index (χ4n) is 2.88. The molecule has 128 valence electrons. The smallest absolute Gasteiger partial charge is 0.317 e. The van der Waals surface area contributed by atoms with Crippen LogP contribution in [0.25, 0.3) is 0 Å². The van der Waals surface area contributed by atoms with Gasteiger partial charge in [-0.3, -0.25) is 9.88 Å². The van der Waals surface area contributed by atoms with Gasteiger partial charge in [0, 0.05) is 58.1 Å². The van der Waals surface area contributed by atoms with Gasteiger partial charge in [0.15, 0.2) is 0 Å². The van der Waals surface area contributed by atoms with Crippen molar-refractivity contribution < 1.29 is 9.21 Å². The number of piperazine rings is 1. The van der Waals surface area contributed by atoms with E-state index < -0.39 is 0 Å². The third kappa shape index (κ3) is 4.83. The highest BCUT2D eigenvalue weighted by molar-refractivity contribution is 5.74. The first-order valence-electron chi connectivity index (χ1n) is 8.48. The molecule has 2 amide bonds. The van der Waals surface area contributed by atoms with Gasteiger partial charge in [-0.1, -0.05) is 6.07 Å². The van der Waals surface area contributed by atoms with Crippen LogP contribution < -0.4 is 5.32 Å². The molecule has 6 nitrogen and oxygen atoms in total. The lowest BCUT2D eigenvalue weighted by molar-refractivity contribution is 0.135. The zero-order valence-electron chi connectivity index (χ0n) is 13.9. The molecule has 1 saturated heterocycles. The number of aromatic nitrogens is 1. The summed E-state index contributed by atoms with van der Waals surface area (Å²) in [6.07, 6.45) is 7.11. The summed E-state index contributed by atoms with van der Waals surface area (Å²) in [5, 5.41) is 3.00. The second-order valence-corrected chi connectivity index (χ2v) is 6.04. The normalized spacial score (nSPS) is 15.4. The van der Waals surface area contributed by atoms with Gasteiger partial charge in [0.2, 0.25) is 0 Å². The van der Waals surface area contributed by atoms with Crippen LogP contribution in [-0.4, -0.2) is 53.5 Å². The van der Waals surface area contributed by atoms with Crippen LogP contribution in [0.5, 0.6) is 0 Å². The molecule has 6 heteroatoms. The molecule has 0 spiro atoms. The van der Waals surface area contributed by atoms with Crippen molar-refractivity contribution in [1.29, 1.82) is 0 Å². The molecule has 0 aliphatic carbocycles. The van der Waals surface area contributed by atoms with E-state index in [4.69, 9.17) is 4.42 Å². The quantitative estimate of drug-likeness (QED) is 0.825. The number of nitrogens with zero attached hydrogens (tertiary/aromatic N) is 3. The van der Waals surface area contributed by atoms with Crippen LogP contribution in [0, 0.1) is 0 Å². The van der Waals surface area contributed by atoms with Gasteiger partial charge < -0.3 is 14.6 Å². The molecule has 0 bridgehead atoms. The van der Waals surface area contributed by atoms with Gasteiger partial charge in [-0.15, -0.1) is 0 Å². The Bertz CT molecular complexity index is 607. The number of rotatable bonds is 6. The van der Waals surface area contributed by atoms with Crippen molar-refractivity contribution in [2.24, 2.45) is 0 Å². The van der Waals surface area contributed by atoms with Crippen LogP contribution >= 0.6 is 0 Å². The standard InChI is InChI=1S/C18H24N4O2/c23-18(20-8-2-5-17-6-3-13-24-17)22-11-9-21(10-12-22)15-16-4-1-7-19-14-16/h1,3-4,6-7,13-14H,2,5,8-12,15H2,(H,20,23). The monoisotopic (exact) mass is 328 g/mol. The predicted octanol–water partition coefficient (Wildman–Crippen LogP) is 2.13. The summed E-state index contributed by atoms with van der Waals surface area (Å²) in [5.41, 5.74) is 1.22. The lowest BCUT2D eigenvalue weighted by Crippen LogP contribution is -2.51. The molecule has 0 radical (unpaired) electrons. The second kappa shape index (κ2) is 8.49. The van der Waals surface area contributed by atoms with E-state index in [1.807, 2.05) is 29.3 Å². The zero-order chi connectivity index (χ0) is 16.6. The van der Waals surface area contributed by atoms with Gasteiger partial charge in [-0.05, 0) is 30.2 Å². The van der Waals surface area contributed by atoms with E-state index in [1.54, 1.807) is 12.5 Å². The van der Waals surface area contributed by atoms with Gasteiger partial charge in [0.25, 0.3) is 0 Å². The molecule has 2 aromatic rings. The summed E-state index contributed by atoms with van der Waals surface area (Å²) >= 11 is 0. The molecular formula is C18H24N4O2. The van der Waals surface area contributed by atoms with E-state index in [-0.39, 0.29) is 6.03 Å². The summed E-state index contributed by atoms with van der Waals surface area (Å²) in [5.74, 6) is 0.966. The van der Waals surface area contributed by atoms with E-state index in [0.717, 1.165) is 51.3 Å². The van der Waals surface area contributed by atoms with Crippen molar-refractivity contribution in [3.8, 4) is 0 Å². The Labute approximate surface area is 142 Å². The average molecular weight is 328 g/mol. The molecule has 0 aromatic carbocycles. The van der Waals surface area contributed by atoms with E-state index in [9.17, 15) is 4.79 Å². The van der Waals surface area contributed by atoms with Crippen LogP contribution in [0.1, 0.15) is 17.7 Å². The fourth-order valence-corrected chi connectivity index (χ4v) is 2.88. The topological polar surface area (TPSA) is 61.6 Å². The number of carbonyl (C=O) groups excluding carboxylic acids is 1. The number of pyridine rings is 1. The Hall–Kier alpha value is -2.34. The summed E-state index contributed by atoms with van der Waals surface area (Å²) in [7, 11) is 0. The third-order valence-electron chi connectivity index (χ3n) is 4.24. The van der Waals surface area contributed by atoms with Gasteiger partial charge in [-0.25, -0.2) is 4.79 Å². The minimum atomic E-state index is 0.0375. The third-order valence-corrected chi connectivity index (χ3v) is 4.24. The zero-order valence-corrected chi connectivity index (χ0v) is 13.9.